The van der Waals surface area contributed by atoms with Crippen molar-refractivity contribution in [3.8, 4) is 0 Å². The molecule has 0 bridgehead atoms. The van der Waals surface area contributed by atoms with Crippen molar-refractivity contribution >= 4 is 5.69 Å². The summed E-state index contributed by atoms with van der Waals surface area (Å²) in [7, 11) is 4.17. The first kappa shape index (κ1) is 14.1. The van der Waals surface area contributed by atoms with Crippen molar-refractivity contribution in [3.63, 3.8) is 0 Å². The molecule has 3 heteroatoms. The Morgan fingerprint density at radius 1 is 1.05 bits per heavy atom. The third-order valence-corrected chi connectivity index (χ3v) is 4.05. The molecule has 1 aliphatic rings. The predicted octanol–water partition coefficient (Wildman–Crippen LogP) is 3.30. The molecule has 3 rings (SSSR count). The Morgan fingerprint density at radius 3 is 2.38 bits per heavy atom. The highest BCUT2D eigenvalue weighted by Gasteiger charge is 2.27. The maximum Gasteiger partial charge on any atom is 0.0535 e. The number of fused-ring (bicyclic) bond motifs is 1. The van der Waals surface area contributed by atoms with Gasteiger partial charge in [-0.3, -0.25) is 0 Å². The van der Waals surface area contributed by atoms with Gasteiger partial charge in [-0.15, -0.1) is 0 Å². The van der Waals surface area contributed by atoms with Gasteiger partial charge in [0, 0.05) is 18.3 Å². The van der Waals surface area contributed by atoms with Gasteiger partial charge in [0.05, 0.1) is 6.04 Å². The Balaban J connectivity index is 1.73. The maximum atomic E-state index is 6.22. The van der Waals surface area contributed by atoms with E-state index in [0.29, 0.717) is 6.04 Å². The summed E-state index contributed by atoms with van der Waals surface area (Å²) in [5.74, 6) is 0. The van der Waals surface area contributed by atoms with E-state index in [9.17, 15) is 0 Å². The van der Waals surface area contributed by atoms with Crippen molar-refractivity contribution in [1.82, 2.24) is 4.90 Å². The molecular formula is C18H23N3. The summed E-state index contributed by atoms with van der Waals surface area (Å²) in [6.45, 7) is 0.970. The second-order valence-corrected chi connectivity index (χ2v) is 6.10. The summed E-state index contributed by atoms with van der Waals surface area (Å²) < 4.78 is 0. The van der Waals surface area contributed by atoms with Gasteiger partial charge in [0.1, 0.15) is 0 Å². The Hall–Kier alpha value is -1.84. The Morgan fingerprint density at radius 2 is 1.71 bits per heavy atom. The Bertz CT molecular complexity index is 604. The van der Waals surface area contributed by atoms with Crippen LogP contribution in [0, 0.1) is 0 Å². The van der Waals surface area contributed by atoms with E-state index in [-0.39, 0.29) is 6.04 Å². The Kier molecular flexibility index (Phi) is 3.95. The molecule has 0 saturated heterocycles. The van der Waals surface area contributed by atoms with E-state index >= 15 is 0 Å². The normalized spacial score (nSPS) is 20.6. The van der Waals surface area contributed by atoms with Crippen LogP contribution in [0.2, 0.25) is 0 Å². The largest absolute Gasteiger partial charge is 0.378 e. The van der Waals surface area contributed by atoms with E-state index in [1.807, 2.05) is 0 Å². The molecule has 3 nitrogen and oxygen atoms in total. The fourth-order valence-corrected chi connectivity index (χ4v) is 3.08. The molecule has 2 aromatic rings. The molecule has 2 aromatic carbocycles. The van der Waals surface area contributed by atoms with E-state index in [0.717, 1.165) is 18.7 Å². The number of hydrogen-bond acceptors (Lipinski definition) is 3. The second kappa shape index (κ2) is 5.88. The molecule has 0 aromatic heterocycles. The van der Waals surface area contributed by atoms with Crippen molar-refractivity contribution in [2.45, 2.75) is 25.0 Å². The Labute approximate surface area is 126 Å². The summed E-state index contributed by atoms with van der Waals surface area (Å²) in [5.41, 5.74) is 11.3. The zero-order chi connectivity index (χ0) is 14.8. The van der Waals surface area contributed by atoms with Gasteiger partial charge in [-0.1, -0.05) is 36.4 Å². The zero-order valence-corrected chi connectivity index (χ0v) is 12.7. The lowest BCUT2D eigenvalue weighted by Crippen LogP contribution is -2.11. The van der Waals surface area contributed by atoms with E-state index < -0.39 is 0 Å². The lowest BCUT2D eigenvalue weighted by atomic mass is 10.1. The summed E-state index contributed by atoms with van der Waals surface area (Å²) in [5, 5.41) is 3.61. The monoisotopic (exact) mass is 281 g/mol. The lowest BCUT2D eigenvalue weighted by molar-refractivity contribution is 0.402. The molecular weight excluding hydrogens is 258 g/mol. The highest BCUT2D eigenvalue weighted by Crippen LogP contribution is 2.38. The maximum absolute atomic E-state index is 6.22. The molecule has 0 fully saturated rings. The molecule has 3 N–H and O–H groups in total. The van der Waals surface area contributed by atoms with Crippen molar-refractivity contribution < 1.29 is 0 Å². The second-order valence-electron chi connectivity index (χ2n) is 6.10. The number of nitrogens with two attached hydrogens (primary N) is 1. The van der Waals surface area contributed by atoms with Crippen LogP contribution in [0.3, 0.4) is 0 Å². The first-order valence-electron chi connectivity index (χ1n) is 7.48. The summed E-state index contributed by atoms with van der Waals surface area (Å²) in [6.07, 6.45) is 0.957. The van der Waals surface area contributed by atoms with Crippen LogP contribution < -0.4 is 11.1 Å². The van der Waals surface area contributed by atoms with Crippen LogP contribution in [-0.2, 0) is 6.54 Å². The molecule has 0 heterocycles. The fourth-order valence-electron chi connectivity index (χ4n) is 3.08. The minimum Gasteiger partial charge on any atom is -0.378 e. The minimum absolute atomic E-state index is 0.145. The molecule has 0 radical (unpaired) electrons. The number of nitrogens with one attached hydrogen (secondary N) is 1. The van der Waals surface area contributed by atoms with Crippen molar-refractivity contribution in [1.29, 1.82) is 0 Å². The van der Waals surface area contributed by atoms with Gasteiger partial charge in [-0.05, 0) is 49.3 Å². The number of benzene rings is 2. The zero-order valence-electron chi connectivity index (χ0n) is 12.7. The van der Waals surface area contributed by atoms with Crippen LogP contribution in [0.4, 0.5) is 5.69 Å². The quantitative estimate of drug-likeness (QED) is 0.903. The van der Waals surface area contributed by atoms with E-state index in [2.05, 4.69) is 72.8 Å². The molecule has 0 spiro atoms. The van der Waals surface area contributed by atoms with Crippen molar-refractivity contribution in [2.24, 2.45) is 5.73 Å². The van der Waals surface area contributed by atoms with Crippen LogP contribution >= 0.6 is 0 Å². The molecule has 2 unspecified atom stereocenters. The van der Waals surface area contributed by atoms with Gasteiger partial charge in [-0.2, -0.15) is 0 Å². The first-order chi connectivity index (χ1) is 10.1. The third-order valence-electron chi connectivity index (χ3n) is 4.05. The number of anilines is 1. The average Bonchev–Trinajstić information content (AvgIpc) is 2.78. The smallest absolute Gasteiger partial charge is 0.0535 e. The third kappa shape index (κ3) is 3.09. The predicted molar refractivity (Wildman–Crippen MR) is 88.2 cm³/mol. The number of rotatable bonds is 4. The standard InChI is InChI=1S/C18H23N3/c1-21(2)12-13-7-9-14(10-8-13)20-18-11-17(19)15-5-3-4-6-16(15)18/h3-10,17-18,20H,11-12,19H2,1-2H3. The van der Waals surface area contributed by atoms with Gasteiger partial charge >= 0.3 is 0 Å². The molecule has 2 atom stereocenters. The SMILES string of the molecule is CN(C)Cc1ccc(NC2CC(N)c3ccccc32)cc1. The van der Waals surface area contributed by atoms with Crippen molar-refractivity contribution in [3.05, 3.63) is 65.2 Å². The lowest BCUT2D eigenvalue weighted by Gasteiger charge is -2.16. The highest BCUT2D eigenvalue weighted by atomic mass is 15.0. The molecule has 110 valence electrons. The number of nitrogens with zero attached hydrogens (tertiary/aromatic N) is 1. The molecule has 0 saturated carbocycles. The molecule has 0 aliphatic heterocycles. The molecule has 21 heavy (non-hydrogen) atoms. The van der Waals surface area contributed by atoms with E-state index in [1.165, 1.54) is 16.7 Å². The minimum atomic E-state index is 0.145. The van der Waals surface area contributed by atoms with E-state index in [1.54, 1.807) is 0 Å². The van der Waals surface area contributed by atoms with Gasteiger partial charge < -0.3 is 16.0 Å². The van der Waals surface area contributed by atoms with Gasteiger partial charge in [0.15, 0.2) is 0 Å². The van der Waals surface area contributed by atoms with Gasteiger partial charge in [-0.25, -0.2) is 0 Å². The topological polar surface area (TPSA) is 41.3 Å². The van der Waals surface area contributed by atoms with Crippen LogP contribution in [0.25, 0.3) is 0 Å². The average molecular weight is 281 g/mol. The van der Waals surface area contributed by atoms with Crippen LogP contribution in [0.5, 0.6) is 0 Å². The van der Waals surface area contributed by atoms with Gasteiger partial charge in [0.2, 0.25) is 0 Å². The number of hydrogen-bond donors (Lipinski definition) is 2. The molecule has 1 aliphatic carbocycles. The first-order valence-corrected chi connectivity index (χ1v) is 7.48. The fraction of sp³-hybridized carbons (Fsp3) is 0.333. The highest BCUT2D eigenvalue weighted by molar-refractivity contribution is 5.50. The van der Waals surface area contributed by atoms with Crippen LogP contribution in [-0.4, -0.2) is 19.0 Å². The van der Waals surface area contributed by atoms with Crippen LogP contribution in [0.15, 0.2) is 48.5 Å². The van der Waals surface area contributed by atoms with Crippen molar-refractivity contribution in [2.75, 3.05) is 19.4 Å². The summed E-state index contributed by atoms with van der Waals surface area (Å²) >= 11 is 0. The summed E-state index contributed by atoms with van der Waals surface area (Å²) in [6, 6.07) is 17.6. The van der Waals surface area contributed by atoms with Gasteiger partial charge in [0.25, 0.3) is 0 Å². The molecule has 0 amide bonds. The van der Waals surface area contributed by atoms with E-state index in [4.69, 9.17) is 5.73 Å². The van der Waals surface area contributed by atoms with Crippen LogP contribution in [0.1, 0.15) is 35.2 Å². The summed E-state index contributed by atoms with van der Waals surface area (Å²) in [4.78, 5) is 2.18.